The third-order valence-corrected chi connectivity index (χ3v) is 5.33. The molecule has 0 aliphatic carbocycles. The topological polar surface area (TPSA) is 59.1 Å². The molecule has 2 heterocycles. The van der Waals surface area contributed by atoms with Gasteiger partial charge in [-0.15, -0.1) is 0 Å². The molecule has 1 aromatic carbocycles. The summed E-state index contributed by atoms with van der Waals surface area (Å²) in [6.07, 6.45) is 1.41. The monoisotopic (exact) mass is 360 g/mol. The van der Waals surface area contributed by atoms with E-state index in [0.717, 1.165) is 19.5 Å². The predicted molar refractivity (Wildman–Crippen MR) is 99.5 cm³/mol. The van der Waals surface area contributed by atoms with E-state index < -0.39 is 0 Å². The SMILES string of the molecule is COc1ccc(N2C[C@@H](C(=O)N3C[C@H](C)C[C@H](C)C3)CC2=O)c(OC)c1. The Balaban J connectivity index is 1.75. The minimum absolute atomic E-state index is 0.0371. The molecule has 0 aromatic heterocycles. The molecule has 0 radical (unpaired) electrons. The number of benzene rings is 1. The van der Waals surface area contributed by atoms with E-state index in [-0.39, 0.29) is 24.2 Å². The molecule has 2 aliphatic rings. The number of likely N-dealkylation sites (tertiary alicyclic amines) is 1. The molecule has 142 valence electrons. The van der Waals surface area contributed by atoms with Crippen LogP contribution in [0.2, 0.25) is 0 Å². The van der Waals surface area contributed by atoms with E-state index in [1.54, 1.807) is 31.3 Å². The van der Waals surface area contributed by atoms with Gasteiger partial charge in [-0.05, 0) is 30.4 Å². The first-order valence-electron chi connectivity index (χ1n) is 9.24. The zero-order chi connectivity index (χ0) is 18.8. The molecule has 6 heteroatoms. The van der Waals surface area contributed by atoms with E-state index in [0.29, 0.717) is 35.6 Å². The second kappa shape index (κ2) is 7.56. The standard InChI is InChI=1S/C20H28N2O4/c1-13-7-14(2)11-21(10-13)20(24)15-8-19(23)22(12-15)17-6-5-16(25-3)9-18(17)26-4/h5-6,9,13-15H,7-8,10-12H2,1-4H3/t13-,14+,15-/m0/s1. The fourth-order valence-corrected chi connectivity index (χ4v) is 4.21. The molecule has 26 heavy (non-hydrogen) atoms. The number of ether oxygens (including phenoxy) is 2. The first-order chi connectivity index (χ1) is 12.4. The molecule has 2 amide bonds. The summed E-state index contributed by atoms with van der Waals surface area (Å²) in [5.41, 5.74) is 0.689. The number of methoxy groups -OCH3 is 2. The van der Waals surface area contributed by atoms with Crippen LogP contribution in [0.1, 0.15) is 26.7 Å². The van der Waals surface area contributed by atoms with Gasteiger partial charge in [0.05, 0.1) is 25.8 Å². The third kappa shape index (κ3) is 3.64. The zero-order valence-electron chi connectivity index (χ0n) is 16.0. The van der Waals surface area contributed by atoms with Crippen molar-refractivity contribution in [1.82, 2.24) is 4.90 Å². The molecule has 2 aliphatic heterocycles. The molecule has 2 saturated heterocycles. The van der Waals surface area contributed by atoms with Crippen molar-refractivity contribution in [3.63, 3.8) is 0 Å². The summed E-state index contributed by atoms with van der Waals surface area (Å²) >= 11 is 0. The molecule has 3 rings (SSSR count). The molecule has 2 fully saturated rings. The molecule has 0 saturated carbocycles. The largest absolute Gasteiger partial charge is 0.497 e. The number of nitrogens with zero attached hydrogens (tertiary/aromatic N) is 2. The van der Waals surface area contributed by atoms with Crippen molar-refractivity contribution in [3.05, 3.63) is 18.2 Å². The number of amides is 2. The minimum Gasteiger partial charge on any atom is -0.497 e. The maximum atomic E-state index is 13.0. The molecule has 0 spiro atoms. The van der Waals surface area contributed by atoms with Gasteiger partial charge in [-0.25, -0.2) is 0 Å². The summed E-state index contributed by atoms with van der Waals surface area (Å²) in [5.74, 6) is 2.05. The highest BCUT2D eigenvalue weighted by molar-refractivity contribution is 6.01. The Hall–Kier alpha value is -2.24. The Labute approximate surface area is 155 Å². The fourth-order valence-electron chi connectivity index (χ4n) is 4.21. The highest BCUT2D eigenvalue weighted by atomic mass is 16.5. The fraction of sp³-hybridized carbons (Fsp3) is 0.600. The maximum Gasteiger partial charge on any atom is 0.228 e. The highest BCUT2D eigenvalue weighted by Gasteiger charge is 2.39. The molecule has 0 unspecified atom stereocenters. The van der Waals surface area contributed by atoms with Crippen LogP contribution in [0, 0.1) is 17.8 Å². The molecule has 0 N–H and O–H groups in total. The lowest BCUT2D eigenvalue weighted by Crippen LogP contribution is -2.45. The highest BCUT2D eigenvalue weighted by Crippen LogP contribution is 2.36. The lowest BCUT2D eigenvalue weighted by molar-refractivity contribution is -0.138. The number of anilines is 1. The van der Waals surface area contributed by atoms with E-state index in [2.05, 4.69) is 13.8 Å². The van der Waals surface area contributed by atoms with Gasteiger partial charge in [-0.3, -0.25) is 9.59 Å². The Morgan fingerprint density at radius 2 is 1.77 bits per heavy atom. The average molecular weight is 360 g/mol. The van der Waals surface area contributed by atoms with Crippen LogP contribution in [0.4, 0.5) is 5.69 Å². The molecular formula is C20H28N2O4. The third-order valence-electron chi connectivity index (χ3n) is 5.33. The van der Waals surface area contributed by atoms with Gasteiger partial charge in [0.2, 0.25) is 11.8 Å². The van der Waals surface area contributed by atoms with Crippen LogP contribution in [0.3, 0.4) is 0 Å². The maximum absolute atomic E-state index is 13.0. The number of piperidine rings is 1. The number of hydrogen-bond acceptors (Lipinski definition) is 4. The number of carbonyl (C=O) groups is 2. The van der Waals surface area contributed by atoms with Gasteiger partial charge < -0.3 is 19.3 Å². The zero-order valence-corrected chi connectivity index (χ0v) is 16.0. The van der Waals surface area contributed by atoms with E-state index in [1.165, 1.54) is 0 Å². The summed E-state index contributed by atoms with van der Waals surface area (Å²) in [6, 6.07) is 5.37. The van der Waals surface area contributed by atoms with Gasteiger partial charge in [0.15, 0.2) is 0 Å². The Morgan fingerprint density at radius 1 is 1.08 bits per heavy atom. The van der Waals surface area contributed by atoms with Crippen LogP contribution >= 0.6 is 0 Å². The first kappa shape index (κ1) is 18.5. The smallest absolute Gasteiger partial charge is 0.228 e. The van der Waals surface area contributed by atoms with Crippen molar-refractivity contribution < 1.29 is 19.1 Å². The summed E-state index contributed by atoms with van der Waals surface area (Å²) in [5, 5.41) is 0. The van der Waals surface area contributed by atoms with Crippen molar-refractivity contribution in [2.75, 3.05) is 38.8 Å². The van der Waals surface area contributed by atoms with Gasteiger partial charge in [-0.2, -0.15) is 0 Å². The van der Waals surface area contributed by atoms with E-state index in [9.17, 15) is 9.59 Å². The number of hydrogen-bond donors (Lipinski definition) is 0. The van der Waals surface area contributed by atoms with E-state index in [1.807, 2.05) is 11.0 Å². The second-order valence-corrected chi connectivity index (χ2v) is 7.63. The van der Waals surface area contributed by atoms with Crippen LogP contribution in [-0.2, 0) is 9.59 Å². The van der Waals surface area contributed by atoms with Crippen LogP contribution in [0.15, 0.2) is 18.2 Å². The normalized spacial score (nSPS) is 26.2. The van der Waals surface area contributed by atoms with Crippen molar-refractivity contribution in [2.24, 2.45) is 17.8 Å². The van der Waals surface area contributed by atoms with Gasteiger partial charge >= 0.3 is 0 Å². The molecular weight excluding hydrogens is 332 g/mol. The Kier molecular flexibility index (Phi) is 5.39. The van der Waals surface area contributed by atoms with E-state index >= 15 is 0 Å². The van der Waals surface area contributed by atoms with Gasteiger partial charge in [0.1, 0.15) is 11.5 Å². The lowest BCUT2D eigenvalue weighted by atomic mass is 9.91. The van der Waals surface area contributed by atoms with Gasteiger partial charge in [-0.1, -0.05) is 13.8 Å². The van der Waals surface area contributed by atoms with Gasteiger partial charge in [0, 0.05) is 32.1 Å². The first-order valence-corrected chi connectivity index (χ1v) is 9.24. The van der Waals surface area contributed by atoms with Crippen LogP contribution in [0.25, 0.3) is 0 Å². The van der Waals surface area contributed by atoms with Crippen molar-refractivity contribution in [1.29, 1.82) is 0 Å². The van der Waals surface area contributed by atoms with Crippen LogP contribution in [0.5, 0.6) is 11.5 Å². The summed E-state index contributed by atoms with van der Waals surface area (Å²) in [7, 11) is 3.16. The van der Waals surface area contributed by atoms with Crippen molar-refractivity contribution in [3.8, 4) is 11.5 Å². The summed E-state index contributed by atoms with van der Waals surface area (Å²) in [4.78, 5) is 29.2. The van der Waals surface area contributed by atoms with Crippen molar-refractivity contribution >= 4 is 17.5 Å². The minimum atomic E-state index is -0.285. The molecule has 6 nitrogen and oxygen atoms in total. The number of rotatable bonds is 4. The van der Waals surface area contributed by atoms with Crippen LogP contribution < -0.4 is 14.4 Å². The predicted octanol–water partition coefficient (Wildman–Crippen LogP) is 2.56. The Morgan fingerprint density at radius 3 is 2.38 bits per heavy atom. The van der Waals surface area contributed by atoms with E-state index in [4.69, 9.17) is 9.47 Å². The second-order valence-electron chi connectivity index (χ2n) is 7.63. The Bertz CT molecular complexity index is 680. The molecule has 3 atom stereocenters. The number of carbonyl (C=O) groups excluding carboxylic acids is 2. The lowest BCUT2D eigenvalue weighted by Gasteiger charge is -2.36. The van der Waals surface area contributed by atoms with Crippen LogP contribution in [-0.4, -0.2) is 50.6 Å². The summed E-state index contributed by atoms with van der Waals surface area (Å²) in [6.45, 7) is 6.35. The quantitative estimate of drug-likeness (QED) is 0.828. The van der Waals surface area contributed by atoms with Crippen molar-refractivity contribution in [2.45, 2.75) is 26.7 Å². The molecule has 0 bridgehead atoms. The molecule has 1 aromatic rings. The average Bonchev–Trinajstić information content (AvgIpc) is 3.01. The summed E-state index contributed by atoms with van der Waals surface area (Å²) < 4.78 is 10.6. The van der Waals surface area contributed by atoms with Gasteiger partial charge in [0.25, 0.3) is 0 Å².